The minimum Gasteiger partial charge on any atom is -0.347 e. The Kier molecular flexibility index (Phi) is 3.39. The maximum absolute atomic E-state index is 12.3. The predicted molar refractivity (Wildman–Crippen MR) is 77.3 cm³/mol. The molecule has 0 aliphatic carbocycles. The highest BCUT2D eigenvalue weighted by atomic mass is 16.2. The van der Waals surface area contributed by atoms with Crippen LogP contribution in [0.15, 0.2) is 36.7 Å². The van der Waals surface area contributed by atoms with E-state index in [-0.39, 0.29) is 5.91 Å². The molecule has 7 heteroatoms. The maximum Gasteiger partial charge on any atom is 0.245 e. The highest BCUT2D eigenvalue weighted by Crippen LogP contribution is 2.15. The summed E-state index contributed by atoms with van der Waals surface area (Å²) in [4.78, 5) is 16.4. The van der Waals surface area contributed by atoms with Gasteiger partial charge in [0.25, 0.3) is 0 Å². The Morgan fingerprint density at radius 2 is 2.19 bits per heavy atom. The summed E-state index contributed by atoms with van der Waals surface area (Å²) in [5.74, 6) is 0.688. The third-order valence-corrected chi connectivity index (χ3v) is 3.47. The molecule has 3 rings (SSSR count). The van der Waals surface area contributed by atoms with Gasteiger partial charge in [0.1, 0.15) is 17.4 Å². The summed E-state index contributed by atoms with van der Waals surface area (Å²) in [6.07, 6.45) is 3.55. The van der Waals surface area contributed by atoms with Crippen LogP contribution in [0.1, 0.15) is 18.8 Å². The molecule has 1 atom stereocenters. The number of fused-ring (bicyclic) bond motifs is 1. The van der Waals surface area contributed by atoms with Crippen LogP contribution in [-0.4, -0.2) is 30.5 Å². The second-order valence-corrected chi connectivity index (χ2v) is 4.87. The fraction of sp³-hybridized carbons (Fsp3) is 0.286. The summed E-state index contributed by atoms with van der Waals surface area (Å²) >= 11 is 0. The van der Waals surface area contributed by atoms with Crippen LogP contribution in [0.2, 0.25) is 0 Å². The van der Waals surface area contributed by atoms with Gasteiger partial charge in [-0.15, -0.1) is 5.10 Å². The van der Waals surface area contributed by atoms with E-state index < -0.39 is 6.04 Å². The van der Waals surface area contributed by atoms with Crippen LogP contribution in [0.5, 0.6) is 0 Å². The van der Waals surface area contributed by atoms with Crippen molar-refractivity contribution in [2.45, 2.75) is 19.5 Å². The molecule has 0 fully saturated rings. The molecule has 0 aliphatic heterocycles. The molecule has 0 saturated carbocycles. The van der Waals surface area contributed by atoms with Crippen molar-refractivity contribution in [1.29, 1.82) is 0 Å². The molecular formula is C14H16N6O. The van der Waals surface area contributed by atoms with Gasteiger partial charge in [-0.25, -0.2) is 9.67 Å². The number of imidazole rings is 1. The Morgan fingerprint density at radius 3 is 2.95 bits per heavy atom. The van der Waals surface area contributed by atoms with Crippen LogP contribution in [0.25, 0.3) is 11.0 Å². The Labute approximate surface area is 121 Å². The fourth-order valence-electron chi connectivity index (χ4n) is 2.16. The smallest absolute Gasteiger partial charge is 0.245 e. The monoisotopic (exact) mass is 284 g/mol. The highest BCUT2D eigenvalue weighted by molar-refractivity contribution is 5.82. The molecule has 1 amide bonds. The van der Waals surface area contributed by atoms with E-state index in [0.717, 1.165) is 16.9 Å². The number of hydrogen-bond donors (Lipinski definition) is 1. The lowest BCUT2D eigenvalue weighted by molar-refractivity contribution is -0.124. The van der Waals surface area contributed by atoms with E-state index in [9.17, 15) is 4.79 Å². The van der Waals surface area contributed by atoms with Gasteiger partial charge in [0.05, 0.1) is 12.1 Å². The zero-order chi connectivity index (χ0) is 14.8. The number of carbonyl (C=O) groups is 1. The number of carbonyl (C=O) groups excluding carboxylic acids is 1. The van der Waals surface area contributed by atoms with Crippen molar-refractivity contribution in [3.8, 4) is 0 Å². The van der Waals surface area contributed by atoms with Crippen molar-refractivity contribution < 1.29 is 4.79 Å². The molecule has 0 bridgehead atoms. The number of hydrogen-bond acceptors (Lipinski definition) is 4. The minimum atomic E-state index is -0.433. The van der Waals surface area contributed by atoms with E-state index >= 15 is 0 Å². The number of aryl methyl sites for hydroxylation is 1. The summed E-state index contributed by atoms with van der Waals surface area (Å²) in [6, 6.07) is 7.14. The second-order valence-electron chi connectivity index (χ2n) is 4.87. The van der Waals surface area contributed by atoms with Gasteiger partial charge in [-0.2, -0.15) is 0 Å². The third kappa shape index (κ3) is 2.49. The average Bonchev–Trinajstić information content (AvgIpc) is 3.10. The molecule has 0 radical (unpaired) electrons. The van der Waals surface area contributed by atoms with Gasteiger partial charge < -0.3 is 9.88 Å². The van der Waals surface area contributed by atoms with Crippen LogP contribution >= 0.6 is 0 Å². The van der Waals surface area contributed by atoms with Crippen LogP contribution in [-0.2, 0) is 18.4 Å². The molecular weight excluding hydrogens is 268 g/mol. The number of rotatable bonds is 4. The molecule has 3 aromatic rings. The molecule has 1 aromatic carbocycles. The summed E-state index contributed by atoms with van der Waals surface area (Å²) in [5.41, 5.74) is 1.62. The van der Waals surface area contributed by atoms with E-state index in [1.165, 1.54) is 0 Å². The van der Waals surface area contributed by atoms with Gasteiger partial charge in [-0.05, 0) is 19.1 Å². The molecule has 0 saturated heterocycles. The van der Waals surface area contributed by atoms with Crippen molar-refractivity contribution in [3.63, 3.8) is 0 Å². The first kappa shape index (κ1) is 13.3. The van der Waals surface area contributed by atoms with Gasteiger partial charge in [0.15, 0.2) is 0 Å². The summed E-state index contributed by atoms with van der Waals surface area (Å²) in [6.45, 7) is 2.19. The van der Waals surface area contributed by atoms with Crippen molar-refractivity contribution in [3.05, 3.63) is 42.5 Å². The predicted octanol–water partition coefficient (Wildman–Crippen LogP) is 1.04. The average molecular weight is 284 g/mol. The van der Waals surface area contributed by atoms with Crippen molar-refractivity contribution >= 4 is 16.9 Å². The fourth-order valence-corrected chi connectivity index (χ4v) is 2.16. The maximum atomic E-state index is 12.3. The Hall–Kier alpha value is -2.70. The number of aromatic nitrogens is 5. The zero-order valence-electron chi connectivity index (χ0n) is 11.9. The largest absolute Gasteiger partial charge is 0.347 e. The topological polar surface area (TPSA) is 77.6 Å². The zero-order valence-corrected chi connectivity index (χ0v) is 11.9. The number of nitrogens with zero attached hydrogens (tertiary/aromatic N) is 5. The van der Waals surface area contributed by atoms with Crippen LogP contribution in [0, 0.1) is 0 Å². The Morgan fingerprint density at radius 1 is 1.38 bits per heavy atom. The first-order chi connectivity index (χ1) is 10.2. The first-order valence-electron chi connectivity index (χ1n) is 6.70. The summed E-state index contributed by atoms with van der Waals surface area (Å²) in [7, 11) is 1.89. The SMILES string of the molecule is CC(C(=O)NCc1nccn1C)n1nnc2ccccc21. The first-order valence-corrected chi connectivity index (χ1v) is 6.70. The van der Waals surface area contributed by atoms with Crippen LogP contribution in [0.4, 0.5) is 0 Å². The normalized spacial score (nSPS) is 12.5. The molecule has 108 valence electrons. The van der Waals surface area contributed by atoms with Crippen molar-refractivity contribution in [2.75, 3.05) is 0 Å². The lowest BCUT2D eigenvalue weighted by atomic mass is 10.2. The Bertz CT molecular complexity index is 774. The van der Waals surface area contributed by atoms with E-state index in [4.69, 9.17) is 0 Å². The van der Waals surface area contributed by atoms with Gasteiger partial charge in [0.2, 0.25) is 5.91 Å². The lowest BCUT2D eigenvalue weighted by Crippen LogP contribution is -2.31. The van der Waals surface area contributed by atoms with Crippen molar-refractivity contribution in [1.82, 2.24) is 29.9 Å². The number of nitrogens with one attached hydrogen (secondary N) is 1. The lowest BCUT2D eigenvalue weighted by Gasteiger charge is -2.12. The molecule has 2 aromatic heterocycles. The number of benzene rings is 1. The van der Waals surface area contributed by atoms with Gasteiger partial charge in [-0.1, -0.05) is 17.3 Å². The molecule has 7 nitrogen and oxygen atoms in total. The number of para-hydroxylation sites is 1. The van der Waals surface area contributed by atoms with E-state index in [1.54, 1.807) is 17.8 Å². The Balaban J connectivity index is 1.74. The second kappa shape index (κ2) is 5.35. The van der Waals surface area contributed by atoms with E-state index in [1.807, 2.05) is 42.1 Å². The highest BCUT2D eigenvalue weighted by Gasteiger charge is 2.18. The summed E-state index contributed by atoms with van der Waals surface area (Å²) in [5, 5.41) is 11.0. The minimum absolute atomic E-state index is 0.117. The van der Waals surface area contributed by atoms with Gasteiger partial charge >= 0.3 is 0 Å². The molecule has 2 heterocycles. The van der Waals surface area contributed by atoms with E-state index in [0.29, 0.717) is 6.54 Å². The molecule has 1 N–H and O–H groups in total. The summed E-state index contributed by atoms with van der Waals surface area (Å²) < 4.78 is 3.50. The van der Waals surface area contributed by atoms with Crippen LogP contribution in [0.3, 0.4) is 0 Å². The van der Waals surface area contributed by atoms with Crippen molar-refractivity contribution in [2.24, 2.45) is 7.05 Å². The molecule has 0 aliphatic rings. The molecule has 1 unspecified atom stereocenters. The molecule has 21 heavy (non-hydrogen) atoms. The van der Waals surface area contributed by atoms with Gasteiger partial charge in [0, 0.05) is 19.4 Å². The quantitative estimate of drug-likeness (QED) is 0.776. The van der Waals surface area contributed by atoms with Crippen LogP contribution < -0.4 is 5.32 Å². The van der Waals surface area contributed by atoms with E-state index in [2.05, 4.69) is 20.6 Å². The molecule has 0 spiro atoms. The third-order valence-electron chi connectivity index (χ3n) is 3.47. The standard InChI is InChI=1S/C14H16N6O/c1-10(14(21)16-9-13-15-7-8-19(13)2)20-12-6-4-3-5-11(12)17-18-20/h3-8,10H,9H2,1-2H3,(H,16,21). The number of amides is 1. The van der Waals surface area contributed by atoms with Gasteiger partial charge in [-0.3, -0.25) is 4.79 Å².